The van der Waals surface area contributed by atoms with Crippen molar-refractivity contribution in [3.63, 3.8) is 0 Å². The standard InChI is InChI=1S/C18H32F2O2/c1-12(9-11-18(19,20)16(2,3)22)13-7-8-14-15(21)6-5-10-17(13,14)4/h12-15,21-22H,5-11H2,1-4H3/t12-,13-,14+,15+,17-/m1/s1. The van der Waals surface area contributed by atoms with Crippen LogP contribution in [0.15, 0.2) is 0 Å². The van der Waals surface area contributed by atoms with Crippen LogP contribution in [0.4, 0.5) is 8.78 Å². The van der Waals surface area contributed by atoms with Crippen molar-refractivity contribution in [2.45, 2.75) is 90.3 Å². The van der Waals surface area contributed by atoms with Gasteiger partial charge in [0.1, 0.15) is 5.60 Å². The summed E-state index contributed by atoms with van der Waals surface area (Å²) < 4.78 is 28.0. The fourth-order valence-electron chi connectivity index (χ4n) is 5.04. The summed E-state index contributed by atoms with van der Waals surface area (Å²) in [5.74, 6) is -2.10. The van der Waals surface area contributed by atoms with E-state index in [1.54, 1.807) is 0 Å². The Kier molecular flexibility index (Phi) is 4.95. The Morgan fingerprint density at radius 3 is 2.45 bits per heavy atom. The minimum absolute atomic E-state index is 0.0983. The van der Waals surface area contributed by atoms with Gasteiger partial charge in [-0.3, -0.25) is 0 Å². The predicted molar refractivity (Wildman–Crippen MR) is 83.8 cm³/mol. The summed E-state index contributed by atoms with van der Waals surface area (Å²) in [7, 11) is 0. The number of aliphatic hydroxyl groups excluding tert-OH is 1. The zero-order valence-corrected chi connectivity index (χ0v) is 14.4. The molecule has 0 saturated heterocycles. The van der Waals surface area contributed by atoms with Crippen molar-refractivity contribution >= 4 is 0 Å². The molecular formula is C18H32F2O2. The summed E-state index contributed by atoms with van der Waals surface area (Å²) >= 11 is 0. The van der Waals surface area contributed by atoms with Crippen molar-refractivity contribution in [1.82, 2.24) is 0 Å². The van der Waals surface area contributed by atoms with Crippen LogP contribution in [0.3, 0.4) is 0 Å². The molecule has 2 aliphatic rings. The van der Waals surface area contributed by atoms with Gasteiger partial charge in [0.05, 0.1) is 6.10 Å². The second-order valence-corrected chi connectivity index (χ2v) is 8.54. The zero-order chi connectivity index (χ0) is 16.8. The van der Waals surface area contributed by atoms with Crippen LogP contribution in [0.2, 0.25) is 0 Å². The number of rotatable bonds is 5. The lowest BCUT2D eigenvalue weighted by Gasteiger charge is -2.45. The van der Waals surface area contributed by atoms with Crippen LogP contribution < -0.4 is 0 Å². The molecule has 2 saturated carbocycles. The van der Waals surface area contributed by atoms with Crippen LogP contribution in [0, 0.1) is 23.2 Å². The molecule has 5 atom stereocenters. The number of aliphatic hydroxyl groups is 2. The Labute approximate surface area is 133 Å². The number of hydrogen-bond donors (Lipinski definition) is 2. The summed E-state index contributed by atoms with van der Waals surface area (Å²) in [6.07, 6.45) is 5.04. The maximum absolute atomic E-state index is 14.0. The van der Waals surface area contributed by atoms with E-state index in [9.17, 15) is 19.0 Å². The van der Waals surface area contributed by atoms with E-state index in [-0.39, 0.29) is 23.9 Å². The normalized spacial score (nSPS) is 37.9. The van der Waals surface area contributed by atoms with Crippen LogP contribution in [0.1, 0.15) is 72.6 Å². The summed E-state index contributed by atoms with van der Waals surface area (Å²) in [5, 5.41) is 19.9. The molecule has 0 bridgehead atoms. The largest absolute Gasteiger partial charge is 0.393 e. The van der Waals surface area contributed by atoms with E-state index in [0.717, 1.165) is 32.1 Å². The lowest BCUT2D eigenvalue weighted by molar-refractivity contribution is -0.168. The first-order valence-corrected chi connectivity index (χ1v) is 8.77. The first-order chi connectivity index (χ1) is 9.99. The van der Waals surface area contributed by atoms with Crippen molar-refractivity contribution in [2.75, 3.05) is 0 Å². The van der Waals surface area contributed by atoms with Gasteiger partial charge in [-0.15, -0.1) is 0 Å². The molecule has 0 aromatic heterocycles. The van der Waals surface area contributed by atoms with Crippen molar-refractivity contribution in [1.29, 1.82) is 0 Å². The lowest BCUT2D eigenvalue weighted by atomic mass is 9.61. The number of halogens is 2. The average Bonchev–Trinajstić information content (AvgIpc) is 2.73. The lowest BCUT2D eigenvalue weighted by Crippen LogP contribution is -2.44. The second kappa shape index (κ2) is 6.01. The summed E-state index contributed by atoms with van der Waals surface area (Å²) in [4.78, 5) is 0. The Bertz CT molecular complexity index is 391. The minimum atomic E-state index is -3.05. The van der Waals surface area contributed by atoms with E-state index in [1.165, 1.54) is 13.8 Å². The Hall–Kier alpha value is -0.220. The molecule has 2 N–H and O–H groups in total. The highest BCUT2D eigenvalue weighted by Crippen LogP contribution is 2.58. The molecule has 130 valence electrons. The molecule has 0 amide bonds. The van der Waals surface area contributed by atoms with Crippen LogP contribution in [-0.4, -0.2) is 27.8 Å². The van der Waals surface area contributed by atoms with Gasteiger partial charge >= 0.3 is 0 Å². The fourth-order valence-corrected chi connectivity index (χ4v) is 5.04. The van der Waals surface area contributed by atoms with Gasteiger partial charge in [-0.1, -0.05) is 20.3 Å². The van der Waals surface area contributed by atoms with E-state index in [0.29, 0.717) is 18.3 Å². The highest BCUT2D eigenvalue weighted by atomic mass is 19.3. The van der Waals surface area contributed by atoms with Gasteiger partial charge in [0.15, 0.2) is 0 Å². The third kappa shape index (κ3) is 3.19. The van der Waals surface area contributed by atoms with E-state index < -0.39 is 11.5 Å². The molecule has 2 nitrogen and oxygen atoms in total. The molecule has 2 fully saturated rings. The van der Waals surface area contributed by atoms with Gasteiger partial charge in [0.2, 0.25) is 0 Å². The van der Waals surface area contributed by atoms with E-state index in [2.05, 4.69) is 13.8 Å². The molecule has 2 rings (SSSR count). The first-order valence-electron chi connectivity index (χ1n) is 8.77. The fraction of sp³-hybridized carbons (Fsp3) is 1.00. The average molecular weight is 318 g/mol. The van der Waals surface area contributed by atoms with Crippen molar-refractivity contribution < 1.29 is 19.0 Å². The van der Waals surface area contributed by atoms with E-state index >= 15 is 0 Å². The molecule has 0 unspecified atom stereocenters. The highest BCUT2D eigenvalue weighted by Gasteiger charge is 2.53. The molecule has 0 aliphatic heterocycles. The number of fused-ring (bicyclic) bond motifs is 1. The smallest absolute Gasteiger partial charge is 0.275 e. The molecule has 0 aromatic rings. The molecular weight excluding hydrogens is 286 g/mol. The number of alkyl halides is 2. The van der Waals surface area contributed by atoms with Crippen LogP contribution >= 0.6 is 0 Å². The topological polar surface area (TPSA) is 40.5 Å². The van der Waals surface area contributed by atoms with Gasteiger partial charge in [0, 0.05) is 6.42 Å². The monoisotopic (exact) mass is 318 g/mol. The first kappa shape index (κ1) is 18.1. The Morgan fingerprint density at radius 2 is 1.86 bits per heavy atom. The van der Waals surface area contributed by atoms with Gasteiger partial charge in [-0.05, 0) is 69.1 Å². The van der Waals surface area contributed by atoms with E-state index in [1.807, 2.05) is 0 Å². The summed E-state index contributed by atoms with van der Waals surface area (Å²) in [5.41, 5.74) is -1.86. The molecule has 22 heavy (non-hydrogen) atoms. The minimum Gasteiger partial charge on any atom is -0.393 e. The molecule has 0 radical (unpaired) electrons. The predicted octanol–water partition coefficient (Wildman–Crippen LogP) is 4.39. The molecule has 0 heterocycles. The van der Waals surface area contributed by atoms with Gasteiger partial charge in [0.25, 0.3) is 5.92 Å². The quantitative estimate of drug-likeness (QED) is 0.789. The summed E-state index contributed by atoms with van der Waals surface area (Å²) in [6.45, 7) is 6.69. The van der Waals surface area contributed by atoms with Gasteiger partial charge in [-0.2, -0.15) is 0 Å². The molecule has 2 aliphatic carbocycles. The Balaban J connectivity index is 2.00. The van der Waals surface area contributed by atoms with Crippen molar-refractivity contribution in [3.05, 3.63) is 0 Å². The molecule has 4 heteroatoms. The highest BCUT2D eigenvalue weighted by molar-refractivity contribution is 5.02. The molecule has 0 aromatic carbocycles. The van der Waals surface area contributed by atoms with Crippen molar-refractivity contribution in [2.24, 2.45) is 23.2 Å². The van der Waals surface area contributed by atoms with Gasteiger partial charge in [-0.25, -0.2) is 8.78 Å². The second-order valence-electron chi connectivity index (χ2n) is 8.54. The SMILES string of the molecule is C[C@H](CCC(F)(F)C(C)(C)O)[C@H]1CC[C@H]2[C@@H](O)CCC[C@]12C. The third-order valence-electron chi connectivity index (χ3n) is 6.66. The van der Waals surface area contributed by atoms with Crippen LogP contribution in [-0.2, 0) is 0 Å². The summed E-state index contributed by atoms with van der Waals surface area (Å²) in [6, 6.07) is 0. The number of hydrogen-bond acceptors (Lipinski definition) is 2. The van der Waals surface area contributed by atoms with E-state index in [4.69, 9.17) is 0 Å². The Morgan fingerprint density at radius 1 is 1.23 bits per heavy atom. The third-order valence-corrected chi connectivity index (χ3v) is 6.66. The maximum Gasteiger partial charge on any atom is 0.275 e. The van der Waals surface area contributed by atoms with Gasteiger partial charge < -0.3 is 10.2 Å². The maximum atomic E-state index is 14.0. The molecule has 0 spiro atoms. The zero-order valence-electron chi connectivity index (χ0n) is 14.4. The van der Waals surface area contributed by atoms with Crippen LogP contribution in [0.5, 0.6) is 0 Å². The van der Waals surface area contributed by atoms with Crippen molar-refractivity contribution in [3.8, 4) is 0 Å². The van der Waals surface area contributed by atoms with Crippen LogP contribution in [0.25, 0.3) is 0 Å².